The second-order valence-electron chi connectivity index (χ2n) is 4.27. The first kappa shape index (κ1) is 14.0. The van der Waals surface area contributed by atoms with E-state index < -0.39 is 0 Å². The van der Waals surface area contributed by atoms with Crippen LogP contribution in [0.1, 0.15) is 23.8 Å². The third-order valence-electron chi connectivity index (χ3n) is 2.99. The Kier molecular flexibility index (Phi) is 4.19. The Morgan fingerprint density at radius 3 is 2.84 bits per heavy atom. The summed E-state index contributed by atoms with van der Waals surface area (Å²) in [5, 5.41) is 0. The first-order valence-electron chi connectivity index (χ1n) is 5.98. The molecule has 0 amide bonds. The molecule has 0 spiro atoms. The highest BCUT2D eigenvalue weighted by Crippen LogP contribution is 2.42. The fourth-order valence-electron chi connectivity index (χ4n) is 1.93. The quantitative estimate of drug-likeness (QED) is 0.613. The summed E-state index contributed by atoms with van der Waals surface area (Å²) < 4.78 is 10.8. The van der Waals surface area contributed by atoms with Crippen molar-refractivity contribution in [3.8, 4) is 5.75 Å². The van der Waals surface area contributed by atoms with Gasteiger partial charge in [0, 0.05) is 16.6 Å². The van der Waals surface area contributed by atoms with Gasteiger partial charge in [-0.1, -0.05) is 0 Å². The number of aromatic nitrogens is 1. The smallest absolute Gasteiger partial charge is 0.309 e. The summed E-state index contributed by atoms with van der Waals surface area (Å²) in [5.74, 6) is -0.725. The minimum Gasteiger partial charge on any atom is -0.494 e. The summed E-state index contributed by atoms with van der Waals surface area (Å²) in [7, 11) is 1.48. The molecule has 1 aromatic heterocycles. The molecule has 19 heavy (non-hydrogen) atoms. The molecule has 0 bridgehead atoms. The largest absolute Gasteiger partial charge is 0.494 e. The Hall–Kier alpha value is -1.43. The lowest BCUT2D eigenvalue weighted by Crippen LogP contribution is -2.13. The minimum atomic E-state index is -0.332. The lowest BCUT2D eigenvalue weighted by molar-refractivity contribution is -0.144. The second-order valence-corrected chi connectivity index (χ2v) is 5.19. The summed E-state index contributed by atoms with van der Waals surface area (Å²) in [5.41, 5.74) is 0.266. The molecule has 2 unspecified atom stereocenters. The third kappa shape index (κ3) is 2.94. The fraction of sp³-hybridized carbons (Fsp3) is 0.462. The lowest BCUT2D eigenvalue weighted by atomic mass is 10.1. The molecule has 0 radical (unpaired) electrons. The third-order valence-corrected chi connectivity index (χ3v) is 3.42. The van der Waals surface area contributed by atoms with Gasteiger partial charge in [-0.2, -0.15) is 0 Å². The van der Waals surface area contributed by atoms with Crippen LogP contribution in [-0.2, 0) is 9.53 Å². The predicted octanol–water partition coefficient (Wildman–Crippen LogP) is 2.23. The van der Waals surface area contributed by atoms with E-state index in [1.54, 1.807) is 13.0 Å². The van der Waals surface area contributed by atoms with E-state index in [1.165, 1.54) is 13.3 Å². The lowest BCUT2D eigenvalue weighted by Gasteiger charge is -2.06. The number of rotatable bonds is 5. The molecule has 2 atom stereocenters. The number of hydrogen-bond donors (Lipinski definition) is 0. The van der Waals surface area contributed by atoms with Crippen molar-refractivity contribution in [2.75, 3.05) is 13.7 Å². The number of methoxy groups -OCH3 is 1. The van der Waals surface area contributed by atoms with Gasteiger partial charge in [-0.05, 0) is 35.3 Å². The van der Waals surface area contributed by atoms with Crippen LogP contribution in [0.15, 0.2) is 16.7 Å². The second kappa shape index (κ2) is 5.69. The number of Topliss-reactive ketones (excluding diaryl/α,β-unsaturated/α-hetero) is 1. The number of ether oxygens (including phenoxy) is 2. The van der Waals surface area contributed by atoms with Crippen molar-refractivity contribution in [3.05, 3.63) is 22.4 Å². The van der Waals surface area contributed by atoms with Crippen LogP contribution in [0.3, 0.4) is 0 Å². The number of halogens is 1. The van der Waals surface area contributed by atoms with Gasteiger partial charge in [-0.25, -0.2) is 4.98 Å². The van der Waals surface area contributed by atoms with Gasteiger partial charge in [0.25, 0.3) is 0 Å². The maximum atomic E-state index is 12.3. The van der Waals surface area contributed by atoms with Crippen molar-refractivity contribution in [2.24, 2.45) is 11.8 Å². The number of nitrogens with zero attached hydrogens (tertiary/aromatic N) is 1. The van der Waals surface area contributed by atoms with Crippen molar-refractivity contribution in [3.63, 3.8) is 0 Å². The van der Waals surface area contributed by atoms with Gasteiger partial charge in [0.1, 0.15) is 11.4 Å². The van der Waals surface area contributed by atoms with Gasteiger partial charge in [0.2, 0.25) is 0 Å². The van der Waals surface area contributed by atoms with Crippen molar-refractivity contribution in [1.82, 2.24) is 4.98 Å². The van der Waals surface area contributed by atoms with E-state index in [-0.39, 0.29) is 29.3 Å². The Balaban J connectivity index is 2.12. The van der Waals surface area contributed by atoms with Crippen LogP contribution in [0.25, 0.3) is 0 Å². The predicted molar refractivity (Wildman–Crippen MR) is 71.0 cm³/mol. The number of esters is 1. The van der Waals surface area contributed by atoms with E-state index in [4.69, 9.17) is 9.47 Å². The Labute approximate surface area is 119 Å². The van der Waals surface area contributed by atoms with E-state index in [9.17, 15) is 9.59 Å². The van der Waals surface area contributed by atoms with E-state index in [2.05, 4.69) is 20.9 Å². The average molecular weight is 328 g/mol. The van der Waals surface area contributed by atoms with Gasteiger partial charge in [-0.15, -0.1) is 0 Å². The highest BCUT2D eigenvalue weighted by molar-refractivity contribution is 9.10. The molecule has 5 nitrogen and oxygen atoms in total. The van der Waals surface area contributed by atoms with E-state index in [0.29, 0.717) is 18.8 Å². The molecule has 1 aromatic rings. The molecule has 1 aliphatic carbocycles. The number of carbonyl (C=O) groups is 2. The minimum absolute atomic E-state index is 0.164. The fourth-order valence-corrected chi connectivity index (χ4v) is 2.24. The molecule has 0 aromatic carbocycles. The molecule has 0 aliphatic heterocycles. The molecule has 0 saturated heterocycles. The van der Waals surface area contributed by atoms with E-state index in [0.717, 1.165) is 4.47 Å². The van der Waals surface area contributed by atoms with Crippen molar-refractivity contribution >= 4 is 27.7 Å². The monoisotopic (exact) mass is 327 g/mol. The van der Waals surface area contributed by atoms with Crippen LogP contribution in [0.2, 0.25) is 0 Å². The van der Waals surface area contributed by atoms with E-state index in [1.807, 2.05) is 0 Å². The summed E-state index contributed by atoms with van der Waals surface area (Å²) in [6, 6.07) is 1.68. The van der Waals surface area contributed by atoms with Crippen LogP contribution in [0.5, 0.6) is 5.75 Å². The zero-order chi connectivity index (χ0) is 14.0. The molecule has 6 heteroatoms. The van der Waals surface area contributed by atoms with Crippen LogP contribution in [-0.4, -0.2) is 30.5 Å². The van der Waals surface area contributed by atoms with Crippen molar-refractivity contribution < 1.29 is 19.1 Å². The Morgan fingerprint density at radius 2 is 2.21 bits per heavy atom. The molecule has 1 saturated carbocycles. The maximum absolute atomic E-state index is 12.3. The molecular formula is C13H14BrNO4. The van der Waals surface area contributed by atoms with Gasteiger partial charge < -0.3 is 9.47 Å². The van der Waals surface area contributed by atoms with Crippen molar-refractivity contribution in [1.29, 1.82) is 0 Å². The zero-order valence-corrected chi connectivity index (χ0v) is 12.3. The highest BCUT2D eigenvalue weighted by Gasteiger charge is 2.50. The van der Waals surface area contributed by atoms with Gasteiger partial charge >= 0.3 is 5.97 Å². The number of ketones is 1. The van der Waals surface area contributed by atoms with Crippen LogP contribution in [0.4, 0.5) is 0 Å². The van der Waals surface area contributed by atoms with Crippen LogP contribution in [0, 0.1) is 11.8 Å². The van der Waals surface area contributed by atoms with Crippen LogP contribution >= 0.6 is 15.9 Å². The first-order chi connectivity index (χ1) is 9.08. The summed E-state index contributed by atoms with van der Waals surface area (Å²) in [6.45, 7) is 2.08. The molecule has 102 valence electrons. The average Bonchev–Trinajstić information content (AvgIpc) is 3.18. The van der Waals surface area contributed by atoms with Gasteiger partial charge in [0.15, 0.2) is 5.78 Å². The standard InChI is InChI=1S/C13H14BrNO4/c1-3-19-13(17)9-5-8(9)12(16)11-10(18-2)4-7(14)6-15-11/h4,6,8-9H,3,5H2,1-2H3. The Morgan fingerprint density at radius 1 is 1.47 bits per heavy atom. The first-order valence-corrected chi connectivity index (χ1v) is 6.78. The number of pyridine rings is 1. The molecular weight excluding hydrogens is 314 g/mol. The SMILES string of the molecule is CCOC(=O)C1CC1C(=O)c1ncc(Br)cc1OC. The van der Waals surface area contributed by atoms with Gasteiger partial charge in [0.05, 0.1) is 19.6 Å². The summed E-state index contributed by atoms with van der Waals surface area (Å²) in [4.78, 5) is 27.9. The molecule has 1 fully saturated rings. The topological polar surface area (TPSA) is 65.5 Å². The normalized spacial score (nSPS) is 20.8. The van der Waals surface area contributed by atoms with Gasteiger partial charge in [-0.3, -0.25) is 9.59 Å². The molecule has 0 N–H and O–H groups in total. The summed E-state index contributed by atoms with van der Waals surface area (Å²) in [6.07, 6.45) is 2.07. The highest BCUT2D eigenvalue weighted by atomic mass is 79.9. The molecule has 1 aliphatic rings. The maximum Gasteiger partial charge on any atom is 0.309 e. The summed E-state index contributed by atoms with van der Waals surface area (Å²) >= 11 is 3.27. The van der Waals surface area contributed by atoms with E-state index >= 15 is 0 Å². The number of carbonyl (C=O) groups excluding carboxylic acids is 2. The Bertz CT molecular complexity index is 517. The molecule has 1 heterocycles. The molecule has 2 rings (SSSR count). The number of hydrogen-bond acceptors (Lipinski definition) is 5. The zero-order valence-electron chi connectivity index (χ0n) is 10.7. The van der Waals surface area contributed by atoms with Crippen LogP contribution < -0.4 is 4.74 Å². The van der Waals surface area contributed by atoms with Crippen molar-refractivity contribution in [2.45, 2.75) is 13.3 Å².